The van der Waals surface area contributed by atoms with Crippen molar-refractivity contribution in [1.29, 1.82) is 0 Å². The van der Waals surface area contributed by atoms with E-state index in [-0.39, 0.29) is 18.1 Å². The average molecular weight is 326 g/mol. The van der Waals surface area contributed by atoms with E-state index in [4.69, 9.17) is 0 Å². The summed E-state index contributed by atoms with van der Waals surface area (Å²) in [5.74, 6) is -1.76. The van der Waals surface area contributed by atoms with E-state index in [2.05, 4.69) is 5.32 Å². The van der Waals surface area contributed by atoms with Crippen molar-refractivity contribution in [2.24, 2.45) is 5.92 Å². The predicted octanol–water partition coefficient (Wildman–Crippen LogP) is 3.16. The minimum atomic E-state index is -4.94. The van der Waals surface area contributed by atoms with Crippen molar-refractivity contribution in [3.05, 3.63) is 41.5 Å². The molecule has 2 N–H and O–H groups in total. The molecule has 2 amide bonds. The van der Waals surface area contributed by atoms with E-state index in [1.165, 1.54) is 18.2 Å². The molecule has 23 heavy (non-hydrogen) atoms. The molecule has 0 radical (unpaired) electrons. The third-order valence-corrected chi connectivity index (χ3v) is 3.49. The Balaban J connectivity index is 1.91. The lowest BCUT2D eigenvalue weighted by atomic mass is 10.1. The lowest BCUT2D eigenvalue weighted by Gasteiger charge is -2.09. The van der Waals surface area contributed by atoms with Gasteiger partial charge in [0.25, 0.3) is 0 Å². The number of hydrogen-bond acceptors (Lipinski definition) is 2. The van der Waals surface area contributed by atoms with Gasteiger partial charge in [-0.2, -0.15) is 13.2 Å². The van der Waals surface area contributed by atoms with Crippen LogP contribution in [0, 0.1) is 5.92 Å². The predicted molar refractivity (Wildman–Crippen MR) is 79.5 cm³/mol. The van der Waals surface area contributed by atoms with Crippen LogP contribution in [-0.2, 0) is 16.1 Å². The van der Waals surface area contributed by atoms with Gasteiger partial charge in [-0.25, -0.2) is 0 Å². The molecule has 7 heteroatoms. The van der Waals surface area contributed by atoms with Crippen LogP contribution < -0.4 is 10.6 Å². The van der Waals surface area contributed by atoms with Gasteiger partial charge in [-0.15, -0.1) is 0 Å². The van der Waals surface area contributed by atoms with E-state index in [0.29, 0.717) is 11.5 Å². The first kappa shape index (κ1) is 17.1. The molecule has 1 fully saturated rings. The summed E-state index contributed by atoms with van der Waals surface area (Å²) in [6, 6.07) is 5.91. The zero-order chi connectivity index (χ0) is 17.0. The molecule has 0 heterocycles. The Labute approximate surface area is 131 Å². The molecule has 0 aliphatic heterocycles. The van der Waals surface area contributed by atoms with Crippen molar-refractivity contribution >= 4 is 17.5 Å². The molecule has 0 saturated heterocycles. The number of allylic oxidation sites excluding steroid dienone is 1. The Hall–Kier alpha value is -2.31. The SMILES string of the molecule is C/C(=C\C(=O)NCc1cccc(NC(=O)C(F)(F)F)c1)C1CC1. The summed E-state index contributed by atoms with van der Waals surface area (Å²) in [7, 11) is 0. The molecule has 0 unspecified atom stereocenters. The Morgan fingerprint density at radius 1 is 1.30 bits per heavy atom. The molecule has 0 bridgehead atoms. The Bertz CT molecular complexity index is 634. The maximum atomic E-state index is 12.2. The van der Waals surface area contributed by atoms with Crippen LogP contribution in [-0.4, -0.2) is 18.0 Å². The van der Waals surface area contributed by atoms with Crippen molar-refractivity contribution in [3.63, 3.8) is 0 Å². The minimum Gasteiger partial charge on any atom is -0.348 e. The topological polar surface area (TPSA) is 58.2 Å². The summed E-state index contributed by atoms with van der Waals surface area (Å²) in [5.41, 5.74) is 1.66. The molecule has 1 aromatic rings. The number of anilines is 1. The number of benzene rings is 1. The van der Waals surface area contributed by atoms with Gasteiger partial charge in [-0.3, -0.25) is 9.59 Å². The fourth-order valence-electron chi connectivity index (χ4n) is 2.06. The van der Waals surface area contributed by atoms with Crippen molar-refractivity contribution in [2.45, 2.75) is 32.5 Å². The highest BCUT2D eigenvalue weighted by Gasteiger charge is 2.38. The van der Waals surface area contributed by atoms with Crippen LogP contribution in [0.5, 0.6) is 0 Å². The standard InChI is InChI=1S/C16H17F3N2O2/c1-10(12-5-6-12)7-14(22)20-9-11-3-2-4-13(8-11)21-15(23)16(17,18)19/h2-4,7-8,12H,5-6,9H2,1H3,(H,20,22)(H,21,23)/b10-7+. The number of alkyl halides is 3. The first-order valence-electron chi connectivity index (χ1n) is 7.19. The average Bonchev–Trinajstić information content (AvgIpc) is 3.29. The van der Waals surface area contributed by atoms with Crippen molar-refractivity contribution in [2.75, 3.05) is 5.32 Å². The van der Waals surface area contributed by atoms with Gasteiger partial charge >= 0.3 is 12.1 Å². The molecule has 0 atom stereocenters. The highest BCUT2D eigenvalue weighted by atomic mass is 19.4. The Kier molecular flexibility index (Phi) is 5.08. The van der Waals surface area contributed by atoms with E-state index in [1.807, 2.05) is 6.92 Å². The van der Waals surface area contributed by atoms with Crippen LogP contribution in [0.25, 0.3) is 0 Å². The minimum absolute atomic E-state index is 0.0313. The van der Waals surface area contributed by atoms with Crippen molar-refractivity contribution in [1.82, 2.24) is 5.32 Å². The van der Waals surface area contributed by atoms with Crippen molar-refractivity contribution < 1.29 is 22.8 Å². The van der Waals surface area contributed by atoms with Crippen molar-refractivity contribution in [3.8, 4) is 0 Å². The molecule has 1 saturated carbocycles. The van der Waals surface area contributed by atoms with Gasteiger partial charge in [0.05, 0.1) is 0 Å². The maximum Gasteiger partial charge on any atom is 0.471 e. The normalized spacial score (nSPS) is 15.2. The molecular formula is C16H17F3N2O2. The molecule has 1 aliphatic carbocycles. The van der Waals surface area contributed by atoms with Gasteiger partial charge in [-0.1, -0.05) is 17.7 Å². The number of halogens is 3. The molecule has 1 aliphatic rings. The number of amides is 2. The number of carbonyl (C=O) groups is 2. The van der Waals surface area contributed by atoms with Gasteiger partial charge in [0, 0.05) is 18.3 Å². The molecule has 4 nitrogen and oxygen atoms in total. The second-order valence-electron chi connectivity index (χ2n) is 5.53. The molecule has 2 rings (SSSR count). The summed E-state index contributed by atoms with van der Waals surface area (Å²) in [5, 5.41) is 4.45. The van der Waals surface area contributed by atoms with E-state index in [9.17, 15) is 22.8 Å². The number of nitrogens with one attached hydrogen (secondary N) is 2. The fraction of sp³-hybridized carbons (Fsp3) is 0.375. The largest absolute Gasteiger partial charge is 0.471 e. The number of rotatable bonds is 5. The Morgan fingerprint density at radius 2 is 2.00 bits per heavy atom. The van der Waals surface area contributed by atoms with Crippen LogP contribution >= 0.6 is 0 Å². The van der Waals surface area contributed by atoms with E-state index in [0.717, 1.165) is 18.4 Å². The zero-order valence-electron chi connectivity index (χ0n) is 12.5. The van der Waals surface area contributed by atoms with E-state index >= 15 is 0 Å². The van der Waals surface area contributed by atoms with Gasteiger partial charge in [0.1, 0.15) is 0 Å². The second-order valence-corrected chi connectivity index (χ2v) is 5.53. The quantitative estimate of drug-likeness (QED) is 0.817. The number of hydrogen-bond donors (Lipinski definition) is 2. The van der Waals surface area contributed by atoms with Crippen LogP contribution in [0.2, 0.25) is 0 Å². The van der Waals surface area contributed by atoms with Gasteiger partial charge in [0.2, 0.25) is 5.91 Å². The second kappa shape index (κ2) is 6.85. The third kappa shape index (κ3) is 5.43. The highest BCUT2D eigenvalue weighted by molar-refractivity contribution is 5.95. The van der Waals surface area contributed by atoms with Crippen LogP contribution in [0.3, 0.4) is 0 Å². The molecule has 124 valence electrons. The lowest BCUT2D eigenvalue weighted by molar-refractivity contribution is -0.167. The monoisotopic (exact) mass is 326 g/mol. The van der Waals surface area contributed by atoms with Crippen LogP contribution in [0.4, 0.5) is 18.9 Å². The first-order chi connectivity index (χ1) is 10.8. The van der Waals surface area contributed by atoms with Crippen LogP contribution in [0.15, 0.2) is 35.9 Å². The Morgan fingerprint density at radius 3 is 2.61 bits per heavy atom. The lowest BCUT2D eigenvalue weighted by Crippen LogP contribution is -2.30. The van der Waals surface area contributed by atoms with Gasteiger partial charge in [0.15, 0.2) is 0 Å². The summed E-state index contributed by atoms with van der Waals surface area (Å²) < 4.78 is 36.6. The summed E-state index contributed by atoms with van der Waals surface area (Å²) >= 11 is 0. The summed E-state index contributed by atoms with van der Waals surface area (Å²) in [6.07, 6.45) is -1.17. The summed E-state index contributed by atoms with van der Waals surface area (Å²) in [6.45, 7) is 2.08. The first-order valence-corrected chi connectivity index (χ1v) is 7.19. The fourth-order valence-corrected chi connectivity index (χ4v) is 2.06. The van der Waals surface area contributed by atoms with Gasteiger partial charge in [-0.05, 0) is 43.4 Å². The molecular weight excluding hydrogens is 309 g/mol. The molecule has 0 spiro atoms. The maximum absolute atomic E-state index is 12.2. The van der Waals surface area contributed by atoms with E-state index < -0.39 is 12.1 Å². The zero-order valence-corrected chi connectivity index (χ0v) is 12.5. The highest BCUT2D eigenvalue weighted by Crippen LogP contribution is 2.35. The molecule has 1 aromatic carbocycles. The smallest absolute Gasteiger partial charge is 0.348 e. The molecule has 0 aromatic heterocycles. The van der Waals surface area contributed by atoms with Crippen LogP contribution in [0.1, 0.15) is 25.3 Å². The van der Waals surface area contributed by atoms with E-state index in [1.54, 1.807) is 17.5 Å². The van der Waals surface area contributed by atoms with Gasteiger partial charge < -0.3 is 10.6 Å². The number of carbonyl (C=O) groups excluding carboxylic acids is 2. The summed E-state index contributed by atoms with van der Waals surface area (Å²) in [4.78, 5) is 22.6. The third-order valence-electron chi connectivity index (χ3n) is 3.49.